The third-order valence-electron chi connectivity index (χ3n) is 3.48. The minimum atomic E-state index is -0.126. The van der Waals surface area contributed by atoms with E-state index in [1.807, 2.05) is 53.1 Å². The van der Waals surface area contributed by atoms with Gasteiger partial charge in [-0.05, 0) is 24.3 Å². The zero-order chi connectivity index (χ0) is 14.2. The van der Waals surface area contributed by atoms with Gasteiger partial charge in [-0.1, -0.05) is 29.5 Å². The molecule has 6 nitrogen and oxygen atoms in total. The maximum Gasteiger partial charge on any atom is 0.291 e. The maximum absolute atomic E-state index is 12.5. The first-order chi connectivity index (χ1) is 10.3. The van der Waals surface area contributed by atoms with Crippen LogP contribution in [0.2, 0.25) is 0 Å². The van der Waals surface area contributed by atoms with Gasteiger partial charge in [0.2, 0.25) is 6.33 Å². The van der Waals surface area contributed by atoms with Crippen LogP contribution in [0.3, 0.4) is 0 Å². The third-order valence-corrected chi connectivity index (χ3v) is 3.48. The quantitative estimate of drug-likeness (QED) is 0.566. The SMILES string of the molecule is O=C(C[n+]1c[nH]c2ccccc21)n1nnc2ccccc21. The number of hydrogen-bond acceptors (Lipinski definition) is 3. The number of rotatable bonds is 2. The Morgan fingerprint density at radius 3 is 2.90 bits per heavy atom. The molecule has 0 atom stereocenters. The highest BCUT2D eigenvalue weighted by molar-refractivity contribution is 5.88. The topological polar surface area (TPSA) is 67.4 Å². The Hall–Kier alpha value is -3.02. The summed E-state index contributed by atoms with van der Waals surface area (Å²) in [6, 6.07) is 15.3. The van der Waals surface area contributed by atoms with E-state index in [4.69, 9.17) is 0 Å². The predicted octanol–water partition coefficient (Wildman–Crippen LogP) is 1.54. The molecule has 0 spiro atoms. The van der Waals surface area contributed by atoms with Crippen molar-refractivity contribution < 1.29 is 9.36 Å². The highest BCUT2D eigenvalue weighted by atomic mass is 16.2. The van der Waals surface area contributed by atoms with Crippen LogP contribution in [0.4, 0.5) is 0 Å². The highest BCUT2D eigenvalue weighted by Crippen LogP contribution is 2.10. The van der Waals surface area contributed by atoms with Crippen LogP contribution in [0, 0.1) is 0 Å². The molecule has 0 bridgehead atoms. The van der Waals surface area contributed by atoms with Gasteiger partial charge in [0, 0.05) is 0 Å². The summed E-state index contributed by atoms with van der Waals surface area (Å²) in [5, 5.41) is 7.96. The molecule has 21 heavy (non-hydrogen) atoms. The summed E-state index contributed by atoms with van der Waals surface area (Å²) in [7, 11) is 0. The lowest BCUT2D eigenvalue weighted by Gasteiger charge is -1.99. The van der Waals surface area contributed by atoms with Crippen molar-refractivity contribution in [3.05, 3.63) is 54.9 Å². The fourth-order valence-corrected chi connectivity index (χ4v) is 2.46. The number of nitrogens with zero attached hydrogens (tertiary/aromatic N) is 4. The molecule has 0 unspecified atom stereocenters. The maximum atomic E-state index is 12.5. The van der Waals surface area contributed by atoms with E-state index >= 15 is 0 Å². The number of carbonyl (C=O) groups excluding carboxylic acids is 1. The van der Waals surface area contributed by atoms with Crippen LogP contribution in [-0.2, 0) is 6.54 Å². The van der Waals surface area contributed by atoms with E-state index in [9.17, 15) is 4.79 Å². The van der Waals surface area contributed by atoms with Crippen molar-refractivity contribution in [2.24, 2.45) is 0 Å². The lowest BCUT2D eigenvalue weighted by Crippen LogP contribution is -2.38. The summed E-state index contributed by atoms with van der Waals surface area (Å²) in [6.45, 7) is 0.206. The van der Waals surface area contributed by atoms with Gasteiger partial charge < -0.3 is 0 Å². The first kappa shape index (κ1) is 11.8. The van der Waals surface area contributed by atoms with Gasteiger partial charge in [-0.2, -0.15) is 4.68 Å². The van der Waals surface area contributed by atoms with Gasteiger partial charge in [-0.3, -0.25) is 4.79 Å². The summed E-state index contributed by atoms with van der Waals surface area (Å²) < 4.78 is 3.22. The zero-order valence-corrected chi connectivity index (χ0v) is 11.1. The molecule has 2 aromatic carbocycles. The molecule has 0 fully saturated rings. The van der Waals surface area contributed by atoms with Crippen LogP contribution in [-0.4, -0.2) is 25.9 Å². The minimum Gasteiger partial charge on any atom is -0.268 e. The molecule has 1 N–H and O–H groups in total. The van der Waals surface area contributed by atoms with Crippen molar-refractivity contribution in [1.29, 1.82) is 0 Å². The number of aromatic amines is 1. The van der Waals surface area contributed by atoms with Gasteiger partial charge in [-0.25, -0.2) is 9.55 Å². The number of nitrogens with one attached hydrogen (secondary N) is 1. The second kappa shape index (κ2) is 4.52. The van der Waals surface area contributed by atoms with Crippen LogP contribution in [0.1, 0.15) is 4.79 Å². The van der Waals surface area contributed by atoms with E-state index in [1.165, 1.54) is 4.68 Å². The average molecular weight is 278 g/mol. The van der Waals surface area contributed by atoms with Crippen molar-refractivity contribution in [3.8, 4) is 0 Å². The predicted molar refractivity (Wildman–Crippen MR) is 76.6 cm³/mol. The fourth-order valence-electron chi connectivity index (χ4n) is 2.46. The number of aromatic nitrogens is 5. The first-order valence-electron chi connectivity index (χ1n) is 6.62. The molecule has 0 aliphatic rings. The number of para-hydroxylation sites is 3. The van der Waals surface area contributed by atoms with Crippen molar-refractivity contribution in [3.63, 3.8) is 0 Å². The largest absolute Gasteiger partial charge is 0.291 e. The Morgan fingerprint density at radius 2 is 1.95 bits per heavy atom. The van der Waals surface area contributed by atoms with E-state index in [1.54, 1.807) is 6.33 Å². The van der Waals surface area contributed by atoms with Crippen molar-refractivity contribution >= 4 is 28.0 Å². The Bertz CT molecular complexity index is 953. The van der Waals surface area contributed by atoms with Gasteiger partial charge in [0.15, 0.2) is 17.6 Å². The Morgan fingerprint density at radius 1 is 1.14 bits per heavy atom. The smallest absolute Gasteiger partial charge is 0.268 e. The summed E-state index contributed by atoms with van der Waals surface area (Å²) in [5.74, 6) is -0.126. The van der Waals surface area contributed by atoms with E-state index in [-0.39, 0.29) is 12.5 Å². The molecule has 2 heterocycles. The Labute approximate surface area is 119 Å². The van der Waals surface area contributed by atoms with Crippen LogP contribution in [0.25, 0.3) is 22.1 Å². The van der Waals surface area contributed by atoms with Crippen molar-refractivity contribution in [2.75, 3.05) is 0 Å². The van der Waals surface area contributed by atoms with Gasteiger partial charge in [0.1, 0.15) is 5.52 Å². The minimum absolute atomic E-state index is 0.126. The number of carbonyl (C=O) groups is 1. The van der Waals surface area contributed by atoms with E-state index in [0.717, 1.165) is 22.1 Å². The van der Waals surface area contributed by atoms with Crippen molar-refractivity contribution in [2.45, 2.75) is 6.54 Å². The fraction of sp³-hybridized carbons (Fsp3) is 0.0667. The number of fused-ring (bicyclic) bond motifs is 2. The van der Waals surface area contributed by atoms with Crippen LogP contribution < -0.4 is 4.57 Å². The summed E-state index contributed by atoms with van der Waals surface area (Å²) in [4.78, 5) is 15.6. The lowest BCUT2D eigenvalue weighted by molar-refractivity contribution is -0.657. The summed E-state index contributed by atoms with van der Waals surface area (Å²) >= 11 is 0. The molecule has 4 rings (SSSR count). The van der Waals surface area contributed by atoms with Gasteiger partial charge in [-0.15, -0.1) is 5.10 Å². The van der Waals surface area contributed by atoms with E-state index in [2.05, 4.69) is 15.3 Å². The summed E-state index contributed by atoms with van der Waals surface area (Å²) in [6.07, 6.45) is 1.79. The number of benzene rings is 2. The molecule has 6 heteroatoms. The van der Waals surface area contributed by atoms with E-state index < -0.39 is 0 Å². The second-order valence-corrected chi connectivity index (χ2v) is 4.80. The molecule has 2 aromatic heterocycles. The first-order valence-corrected chi connectivity index (χ1v) is 6.62. The monoisotopic (exact) mass is 278 g/mol. The number of H-pyrrole nitrogens is 1. The third kappa shape index (κ3) is 1.88. The molecule has 102 valence electrons. The normalized spacial score (nSPS) is 11.2. The van der Waals surface area contributed by atoms with Gasteiger partial charge in [0.05, 0.1) is 5.52 Å². The molecule has 0 saturated heterocycles. The standard InChI is InChI=1S/C15H11N5O/c21-15(20-14-8-4-2-6-12(14)17-18-20)9-19-10-16-11-5-1-3-7-13(11)19/h1-8,10H,9H2/p+1. The van der Waals surface area contributed by atoms with E-state index in [0.29, 0.717) is 0 Å². The molecular formula is C15H12N5O+. The van der Waals surface area contributed by atoms with Crippen LogP contribution in [0.5, 0.6) is 0 Å². The van der Waals surface area contributed by atoms with Gasteiger partial charge >= 0.3 is 0 Å². The summed E-state index contributed by atoms with van der Waals surface area (Å²) in [5.41, 5.74) is 3.42. The van der Waals surface area contributed by atoms with Crippen LogP contribution >= 0.6 is 0 Å². The zero-order valence-electron chi connectivity index (χ0n) is 11.1. The average Bonchev–Trinajstić information content (AvgIpc) is 3.12. The molecule has 0 aliphatic heterocycles. The van der Waals surface area contributed by atoms with Crippen molar-refractivity contribution in [1.82, 2.24) is 20.0 Å². The molecular weight excluding hydrogens is 266 g/mol. The Kier molecular flexibility index (Phi) is 2.53. The lowest BCUT2D eigenvalue weighted by atomic mass is 10.3. The molecule has 4 aromatic rings. The Balaban J connectivity index is 1.72. The molecule has 0 saturated carbocycles. The number of hydrogen-bond donors (Lipinski definition) is 1. The van der Waals surface area contributed by atoms with Gasteiger partial charge in [0.25, 0.3) is 5.91 Å². The molecule has 0 aliphatic carbocycles. The molecule has 0 amide bonds. The van der Waals surface area contributed by atoms with Crippen LogP contribution in [0.15, 0.2) is 54.9 Å². The number of imidazole rings is 1. The molecule has 0 radical (unpaired) electrons. The second-order valence-electron chi connectivity index (χ2n) is 4.80. The highest BCUT2D eigenvalue weighted by Gasteiger charge is 2.17.